The van der Waals surface area contributed by atoms with Gasteiger partial charge in [-0.3, -0.25) is 4.79 Å². The number of nitrogens with one attached hydrogen (secondary N) is 1. The molecule has 0 saturated heterocycles. The fourth-order valence-electron chi connectivity index (χ4n) is 3.33. The zero-order valence-corrected chi connectivity index (χ0v) is 15.9. The van der Waals surface area contributed by atoms with Gasteiger partial charge in [-0.15, -0.1) is 0 Å². The second-order valence-electron chi connectivity index (χ2n) is 7.31. The van der Waals surface area contributed by atoms with Gasteiger partial charge in [0.25, 0.3) is 0 Å². The van der Waals surface area contributed by atoms with Crippen molar-refractivity contribution in [1.29, 1.82) is 0 Å². The molecular formula is C21H24N4O2. The van der Waals surface area contributed by atoms with Crippen molar-refractivity contribution in [3.05, 3.63) is 53.5 Å². The summed E-state index contributed by atoms with van der Waals surface area (Å²) in [6, 6.07) is 11.9. The van der Waals surface area contributed by atoms with Crippen molar-refractivity contribution in [3.63, 3.8) is 0 Å². The molecule has 1 amide bonds. The van der Waals surface area contributed by atoms with Gasteiger partial charge < -0.3 is 9.73 Å². The van der Waals surface area contributed by atoms with Crippen LogP contribution < -0.4 is 5.32 Å². The van der Waals surface area contributed by atoms with Gasteiger partial charge in [0.2, 0.25) is 11.8 Å². The number of oxazole rings is 1. The fourth-order valence-corrected chi connectivity index (χ4v) is 3.33. The second kappa shape index (κ2) is 7.02. The molecule has 0 radical (unpaired) electrons. The smallest absolute Gasteiger partial charge is 0.231 e. The van der Waals surface area contributed by atoms with E-state index in [1.54, 1.807) is 0 Å². The maximum Gasteiger partial charge on any atom is 0.231 e. The second-order valence-corrected chi connectivity index (χ2v) is 7.31. The van der Waals surface area contributed by atoms with Crippen LogP contribution >= 0.6 is 0 Å². The Balaban J connectivity index is 1.48. The number of carbonyl (C=O) groups excluding carboxylic acids is 1. The Hall–Kier alpha value is -2.89. The van der Waals surface area contributed by atoms with Crippen LogP contribution in [0.1, 0.15) is 43.0 Å². The van der Waals surface area contributed by atoms with Crippen molar-refractivity contribution in [3.8, 4) is 11.5 Å². The molecule has 1 atom stereocenters. The number of anilines is 1. The molecule has 4 rings (SSSR count). The number of nitrogens with zero attached hydrogens (tertiary/aromatic N) is 3. The van der Waals surface area contributed by atoms with E-state index in [-0.39, 0.29) is 12.3 Å². The molecule has 0 bridgehead atoms. The van der Waals surface area contributed by atoms with Crippen molar-refractivity contribution in [1.82, 2.24) is 14.8 Å². The van der Waals surface area contributed by atoms with E-state index in [2.05, 4.69) is 22.3 Å². The summed E-state index contributed by atoms with van der Waals surface area (Å²) in [6.07, 6.45) is 2.63. The molecule has 27 heavy (non-hydrogen) atoms. The van der Waals surface area contributed by atoms with E-state index >= 15 is 0 Å². The first kappa shape index (κ1) is 17.5. The van der Waals surface area contributed by atoms with Crippen LogP contribution in [0.5, 0.6) is 0 Å². The highest BCUT2D eigenvalue weighted by molar-refractivity contribution is 5.91. The predicted molar refractivity (Wildman–Crippen MR) is 103 cm³/mol. The van der Waals surface area contributed by atoms with Gasteiger partial charge >= 0.3 is 0 Å². The molecule has 2 heterocycles. The third kappa shape index (κ3) is 3.79. The maximum atomic E-state index is 12.6. The fraction of sp³-hybridized carbons (Fsp3) is 0.381. The van der Waals surface area contributed by atoms with Crippen molar-refractivity contribution in [2.75, 3.05) is 5.32 Å². The molecule has 1 aliphatic rings. The molecule has 1 saturated carbocycles. The van der Waals surface area contributed by atoms with E-state index in [9.17, 15) is 4.79 Å². The normalized spacial score (nSPS) is 14.9. The first-order chi connectivity index (χ1) is 13.0. The summed E-state index contributed by atoms with van der Waals surface area (Å²) < 4.78 is 7.69. The van der Waals surface area contributed by atoms with Gasteiger partial charge in [0.1, 0.15) is 11.6 Å². The standard InChI is InChI=1S/C21H24N4O2/c1-13-11-19(25(24-13)14(2)16-9-10-16)23-20(26)12-18-15(3)27-21(22-18)17-7-5-4-6-8-17/h4-8,11,14,16H,9-10,12H2,1-3H3,(H,23,26). The Bertz CT molecular complexity index is 954. The van der Waals surface area contributed by atoms with Gasteiger partial charge in [-0.2, -0.15) is 5.10 Å². The Labute approximate surface area is 158 Å². The molecule has 0 aliphatic heterocycles. The molecule has 2 aromatic heterocycles. The SMILES string of the molecule is Cc1cc(NC(=O)Cc2nc(-c3ccccc3)oc2C)n(C(C)C2CC2)n1. The van der Waals surface area contributed by atoms with Gasteiger partial charge in [0, 0.05) is 11.6 Å². The molecule has 1 fully saturated rings. The number of benzene rings is 1. The number of amides is 1. The number of hydrogen-bond donors (Lipinski definition) is 1. The molecule has 6 nitrogen and oxygen atoms in total. The monoisotopic (exact) mass is 364 g/mol. The lowest BCUT2D eigenvalue weighted by Crippen LogP contribution is -2.20. The first-order valence-corrected chi connectivity index (χ1v) is 9.39. The number of hydrogen-bond acceptors (Lipinski definition) is 4. The highest BCUT2D eigenvalue weighted by Gasteiger charge is 2.31. The van der Waals surface area contributed by atoms with Crippen LogP contribution in [0.15, 0.2) is 40.8 Å². The van der Waals surface area contributed by atoms with E-state index in [0.29, 0.717) is 29.3 Å². The summed E-state index contributed by atoms with van der Waals surface area (Å²) in [5.74, 6) is 2.50. The number of rotatable bonds is 6. The maximum absolute atomic E-state index is 12.6. The zero-order valence-electron chi connectivity index (χ0n) is 15.9. The summed E-state index contributed by atoms with van der Waals surface area (Å²) in [5, 5.41) is 7.56. The van der Waals surface area contributed by atoms with Gasteiger partial charge in [-0.1, -0.05) is 18.2 Å². The lowest BCUT2D eigenvalue weighted by Gasteiger charge is -2.15. The lowest BCUT2D eigenvalue weighted by atomic mass is 10.2. The van der Waals surface area contributed by atoms with Gasteiger partial charge in [-0.05, 0) is 51.7 Å². The lowest BCUT2D eigenvalue weighted by molar-refractivity contribution is -0.115. The summed E-state index contributed by atoms with van der Waals surface area (Å²) in [7, 11) is 0. The number of carbonyl (C=O) groups is 1. The van der Waals surface area contributed by atoms with Crippen molar-refractivity contribution in [2.45, 2.75) is 46.1 Å². The van der Waals surface area contributed by atoms with E-state index in [1.165, 1.54) is 12.8 Å². The molecule has 1 unspecified atom stereocenters. The van der Waals surface area contributed by atoms with E-state index in [4.69, 9.17) is 4.42 Å². The van der Waals surface area contributed by atoms with Crippen molar-refractivity contribution >= 4 is 11.7 Å². The minimum atomic E-state index is -0.116. The number of aryl methyl sites for hydroxylation is 2. The predicted octanol–water partition coefficient (Wildman–Crippen LogP) is 4.31. The topological polar surface area (TPSA) is 73.0 Å². The average Bonchev–Trinajstić information content (AvgIpc) is 3.35. The molecule has 1 aliphatic carbocycles. The summed E-state index contributed by atoms with van der Waals surface area (Å²) in [4.78, 5) is 17.1. The quantitative estimate of drug-likeness (QED) is 0.707. The van der Waals surface area contributed by atoms with Gasteiger partial charge in [-0.25, -0.2) is 9.67 Å². The van der Waals surface area contributed by atoms with Crippen LogP contribution in [0.25, 0.3) is 11.5 Å². The van der Waals surface area contributed by atoms with Gasteiger partial charge in [0.15, 0.2) is 0 Å². The summed E-state index contributed by atoms with van der Waals surface area (Å²) in [6.45, 7) is 5.94. The van der Waals surface area contributed by atoms with Crippen LogP contribution in [-0.4, -0.2) is 20.7 Å². The van der Waals surface area contributed by atoms with E-state index < -0.39 is 0 Å². The molecule has 0 spiro atoms. The van der Waals surface area contributed by atoms with Crippen molar-refractivity contribution in [2.24, 2.45) is 5.92 Å². The minimum Gasteiger partial charge on any atom is -0.441 e. The molecule has 3 aromatic rings. The third-order valence-corrected chi connectivity index (χ3v) is 5.06. The van der Waals surface area contributed by atoms with Gasteiger partial charge in [0.05, 0.1) is 23.9 Å². The van der Waals surface area contributed by atoms with Crippen LogP contribution in [0.2, 0.25) is 0 Å². The van der Waals surface area contributed by atoms with E-state index in [1.807, 2.05) is 54.9 Å². The summed E-state index contributed by atoms with van der Waals surface area (Å²) in [5.41, 5.74) is 2.46. The van der Waals surface area contributed by atoms with Crippen LogP contribution in [0.4, 0.5) is 5.82 Å². The van der Waals surface area contributed by atoms with Crippen LogP contribution in [0.3, 0.4) is 0 Å². The summed E-state index contributed by atoms with van der Waals surface area (Å²) >= 11 is 0. The van der Waals surface area contributed by atoms with Crippen LogP contribution in [0, 0.1) is 19.8 Å². The first-order valence-electron chi connectivity index (χ1n) is 9.39. The average molecular weight is 364 g/mol. The largest absolute Gasteiger partial charge is 0.441 e. The molecule has 140 valence electrons. The highest BCUT2D eigenvalue weighted by atomic mass is 16.4. The Morgan fingerprint density at radius 3 is 2.74 bits per heavy atom. The van der Waals surface area contributed by atoms with Crippen LogP contribution in [-0.2, 0) is 11.2 Å². The minimum absolute atomic E-state index is 0.116. The molecule has 1 N–H and O–H groups in total. The highest BCUT2D eigenvalue weighted by Crippen LogP contribution is 2.40. The van der Waals surface area contributed by atoms with E-state index in [0.717, 1.165) is 17.1 Å². The third-order valence-electron chi connectivity index (χ3n) is 5.06. The van der Waals surface area contributed by atoms with Crippen molar-refractivity contribution < 1.29 is 9.21 Å². The zero-order chi connectivity index (χ0) is 19.0. The Morgan fingerprint density at radius 2 is 2.04 bits per heavy atom. The molecular weight excluding hydrogens is 340 g/mol. The Morgan fingerprint density at radius 1 is 1.30 bits per heavy atom. The number of aromatic nitrogens is 3. The Kier molecular flexibility index (Phi) is 4.56. The molecule has 1 aromatic carbocycles. The molecule has 6 heteroatoms.